The molecule has 4 rings (SSSR count). The van der Waals surface area contributed by atoms with Crippen LogP contribution in [0.1, 0.15) is 41.5 Å². The molecule has 0 aliphatic rings. The standard InChI is InChI=1S/C40H44N2O6S4/c1-39(2,3)35(43)47-29-21-27(31(51-37(45)41(7)8)23-33(29)49-25-17-13-11-14-18-25)28-22-30(48-36(44)40(4,5)6)34(50-26-19-15-12-16-20-26)24-32(28)52-38(46)42(9)10/h11-24H,1-10H3. The molecule has 0 heterocycles. The molecule has 2 amide bonds. The van der Waals surface area contributed by atoms with Gasteiger partial charge in [0.1, 0.15) is 11.5 Å². The highest BCUT2D eigenvalue weighted by molar-refractivity contribution is 8.14. The fraction of sp³-hybridized carbons (Fsp3) is 0.300. The number of benzene rings is 4. The van der Waals surface area contributed by atoms with Crippen molar-refractivity contribution in [2.75, 3.05) is 28.2 Å². The zero-order valence-electron chi connectivity index (χ0n) is 31.1. The number of amides is 2. The lowest BCUT2D eigenvalue weighted by Gasteiger charge is -2.23. The van der Waals surface area contributed by atoms with E-state index in [0.717, 1.165) is 33.3 Å². The van der Waals surface area contributed by atoms with E-state index in [1.807, 2.05) is 72.8 Å². The first-order valence-corrected chi connectivity index (χ1v) is 19.6. The number of carbonyl (C=O) groups is 4. The molecule has 52 heavy (non-hydrogen) atoms. The predicted molar refractivity (Wildman–Crippen MR) is 213 cm³/mol. The summed E-state index contributed by atoms with van der Waals surface area (Å²) in [4.78, 5) is 60.6. The molecule has 0 aromatic heterocycles. The summed E-state index contributed by atoms with van der Waals surface area (Å²) in [6.45, 7) is 10.7. The second kappa shape index (κ2) is 17.3. The summed E-state index contributed by atoms with van der Waals surface area (Å²) in [6.07, 6.45) is 0. The van der Waals surface area contributed by atoms with E-state index in [2.05, 4.69) is 0 Å². The van der Waals surface area contributed by atoms with E-state index in [0.29, 0.717) is 30.7 Å². The van der Waals surface area contributed by atoms with E-state index in [-0.39, 0.29) is 22.0 Å². The topological polar surface area (TPSA) is 93.2 Å². The summed E-state index contributed by atoms with van der Waals surface area (Å²) in [5.74, 6) is -0.303. The maximum absolute atomic E-state index is 13.4. The van der Waals surface area contributed by atoms with Gasteiger partial charge in [0.2, 0.25) is 0 Å². The predicted octanol–water partition coefficient (Wildman–Crippen LogP) is 11.1. The summed E-state index contributed by atoms with van der Waals surface area (Å²) >= 11 is 4.83. The van der Waals surface area contributed by atoms with Gasteiger partial charge in [-0.1, -0.05) is 59.9 Å². The molecule has 8 nitrogen and oxygen atoms in total. The second-order valence-corrected chi connectivity index (χ2v) is 18.4. The Balaban J connectivity index is 2.07. The third-order valence-electron chi connectivity index (χ3n) is 7.08. The van der Waals surface area contributed by atoms with Crippen molar-refractivity contribution in [3.63, 3.8) is 0 Å². The van der Waals surface area contributed by atoms with Gasteiger partial charge >= 0.3 is 11.9 Å². The van der Waals surface area contributed by atoms with E-state index in [4.69, 9.17) is 9.47 Å². The Morgan fingerprint density at radius 3 is 1.12 bits per heavy atom. The maximum atomic E-state index is 13.4. The lowest BCUT2D eigenvalue weighted by Crippen LogP contribution is -2.26. The number of ether oxygens (including phenoxy) is 2. The highest BCUT2D eigenvalue weighted by Gasteiger charge is 2.29. The molecule has 4 aromatic carbocycles. The van der Waals surface area contributed by atoms with Crippen molar-refractivity contribution in [3.8, 4) is 22.6 Å². The van der Waals surface area contributed by atoms with Crippen molar-refractivity contribution in [3.05, 3.63) is 84.9 Å². The van der Waals surface area contributed by atoms with E-state index >= 15 is 0 Å². The van der Waals surface area contributed by atoms with Crippen LogP contribution in [0.5, 0.6) is 11.5 Å². The summed E-state index contributed by atoms with van der Waals surface area (Å²) < 4.78 is 12.2. The Morgan fingerprint density at radius 2 is 0.827 bits per heavy atom. The minimum absolute atomic E-state index is 0.231. The van der Waals surface area contributed by atoms with Gasteiger partial charge in [-0.3, -0.25) is 19.2 Å². The van der Waals surface area contributed by atoms with Gasteiger partial charge in [-0.25, -0.2) is 0 Å². The van der Waals surface area contributed by atoms with Gasteiger partial charge in [0, 0.05) is 58.9 Å². The summed E-state index contributed by atoms with van der Waals surface area (Å²) in [7, 11) is 6.69. The number of hydrogen-bond acceptors (Lipinski definition) is 10. The second-order valence-electron chi connectivity index (χ2n) is 14.2. The van der Waals surface area contributed by atoms with Gasteiger partial charge in [0.25, 0.3) is 10.5 Å². The SMILES string of the molecule is CN(C)C(=O)Sc1cc(Sc2ccccc2)c(OC(=O)C(C)(C)C)cc1-c1cc(OC(=O)C(C)(C)C)c(Sc2ccccc2)cc1SC(=O)N(C)C. The first-order chi connectivity index (χ1) is 24.3. The molecule has 274 valence electrons. The molecule has 0 saturated heterocycles. The highest BCUT2D eigenvalue weighted by atomic mass is 32.2. The third kappa shape index (κ3) is 11.1. The van der Waals surface area contributed by atoms with E-state index in [1.165, 1.54) is 33.3 Å². The molecule has 0 aliphatic heterocycles. The van der Waals surface area contributed by atoms with Crippen LogP contribution in [0, 0.1) is 10.8 Å². The van der Waals surface area contributed by atoms with Crippen LogP contribution in [-0.4, -0.2) is 60.4 Å². The van der Waals surface area contributed by atoms with Crippen molar-refractivity contribution >= 4 is 69.5 Å². The third-order valence-corrected chi connectivity index (χ3v) is 11.4. The average Bonchev–Trinajstić information content (AvgIpc) is 3.06. The van der Waals surface area contributed by atoms with E-state index in [9.17, 15) is 19.2 Å². The smallest absolute Gasteiger partial charge is 0.316 e. The quantitative estimate of drug-likeness (QED) is 0.0929. The van der Waals surface area contributed by atoms with Crippen molar-refractivity contribution in [1.82, 2.24) is 9.80 Å². The normalized spacial score (nSPS) is 11.5. The van der Waals surface area contributed by atoms with Gasteiger partial charge in [-0.05, 0) is 114 Å². The van der Waals surface area contributed by atoms with Gasteiger partial charge in [-0.2, -0.15) is 0 Å². The summed E-state index contributed by atoms with van der Waals surface area (Å²) in [5.41, 5.74) is -0.583. The minimum atomic E-state index is -0.813. The number of esters is 2. The monoisotopic (exact) mass is 776 g/mol. The van der Waals surface area contributed by atoms with Crippen LogP contribution in [0.4, 0.5) is 9.59 Å². The number of rotatable bonds is 9. The molecule has 0 atom stereocenters. The molecule has 0 N–H and O–H groups in total. The fourth-order valence-corrected chi connectivity index (χ4v) is 7.75. The molecule has 0 spiro atoms. The van der Waals surface area contributed by atoms with Crippen LogP contribution in [0.15, 0.2) is 114 Å². The van der Waals surface area contributed by atoms with Crippen LogP contribution in [0.25, 0.3) is 11.1 Å². The molecule has 0 unspecified atom stereocenters. The van der Waals surface area contributed by atoms with E-state index < -0.39 is 22.8 Å². The Labute approximate surface area is 323 Å². The van der Waals surface area contributed by atoms with Crippen molar-refractivity contribution < 1.29 is 28.7 Å². The van der Waals surface area contributed by atoms with Crippen LogP contribution in [0.2, 0.25) is 0 Å². The number of carbonyl (C=O) groups excluding carboxylic acids is 4. The van der Waals surface area contributed by atoms with Gasteiger partial charge in [0.15, 0.2) is 0 Å². The Morgan fingerprint density at radius 1 is 0.500 bits per heavy atom. The van der Waals surface area contributed by atoms with Crippen LogP contribution >= 0.6 is 47.0 Å². The molecule has 0 bridgehead atoms. The average molecular weight is 777 g/mol. The first-order valence-electron chi connectivity index (χ1n) is 16.4. The lowest BCUT2D eigenvalue weighted by atomic mass is 9.97. The first kappa shape index (κ1) is 40.9. The van der Waals surface area contributed by atoms with E-state index in [1.54, 1.807) is 81.9 Å². The van der Waals surface area contributed by atoms with Crippen molar-refractivity contribution in [1.29, 1.82) is 0 Å². The Kier molecular flexibility index (Phi) is 13.6. The minimum Gasteiger partial charge on any atom is -0.425 e. The highest BCUT2D eigenvalue weighted by Crippen LogP contribution is 2.49. The van der Waals surface area contributed by atoms with Gasteiger partial charge in [0.05, 0.1) is 20.6 Å². The van der Waals surface area contributed by atoms with Crippen molar-refractivity contribution in [2.24, 2.45) is 10.8 Å². The molecular formula is C40H44N2O6S4. The number of hydrogen-bond donors (Lipinski definition) is 0. The molecule has 0 aliphatic carbocycles. The van der Waals surface area contributed by atoms with Crippen LogP contribution < -0.4 is 9.47 Å². The van der Waals surface area contributed by atoms with Crippen LogP contribution in [0.3, 0.4) is 0 Å². The largest absolute Gasteiger partial charge is 0.425 e. The molecule has 0 radical (unpaired) electrons. The maximum Gasteiger partial charge on any atom is 0.316 e. The van der Waals surface area contributed by atoms with Gasteiger partial charge < -0.3 is 19.3 Å². The van der Waals surface area contributed by atoms with Crippen molar-refractivity contribution in [2.45, 2.75) is 70.9 Å². The molecule has 4 aromatic rings. The molecular weight excluding hydrogens is 733 g/mol. The number of thioether (sulfide) groups is 2. The molecule has 12 heteroatoms. The fourth-order valence-electron chi connectivity index (χ4n) is 4.10. The molecule has 0 fully saturated rings. The van der Waals surface area contributed by atoms with Crippen LogP contribution in [-0.2, 0) is 9.59 Å². The molecule has 0 saturated carbocycles. The van der Waals surface area contributed by atoms with Gasteiger partial charge in [-0.15, -0.1) is 0 Å². The zero-order valence-corrected chi connectivity index (χ0v) is 34.3. The lowest BCUT2D eigenvalue weighted by molar-refractivity contribution is -0.143. The Bertz CT molecular complexity index is 1790. The summed E-state index contributed by atoms with van der Waals surface area (Å²) in [5, 5.41) is -0.462. The Hall–Kier alpha value is -3.84. The number of nitrogens with zero attached hydrogens (tertiary/aromatic N) is 2. The summed E-state index contributed by atoms with van der Waals surface area (Å²) in [6, 6.07) is 26.5. The zero-order chi connectivity index (χ0) is 38.4.